The second-order valence-corrected chi connectivity index (χ2v) is 8.56. The second kappa shape index (κ2) is 13.5. The monoisotopic (exact) mass is 568 g/mol. The van der Waals surface area contributed by atoms with Crippen LogP contribution < -0.4 is 9.47 Å². The van der Waals surface area contributed by atoms with Gasteiger partial charge in [-0.3, -0.25) is 9.88 Å². The van der Waals surface area contributed by atoms with Gasteiger partial charge in [-0.2, -0.15) is 26.3 Å². The molecule has 1 aromatic carbocycles. The highest BCUT2D eigenvalue weighted by atomic mass is 19.4. The van der Waals surface area contributed by atoms with Crippen LogP contribution in [0.4, 0.5) is 26.3 Å². The van der Waals surface area contributed by atoms with E-state index in [0.29, 0.717) is 0 Å². The third kappa shape index (κ3) is 10.6. The first-order valence-electron chi connectivity index (χ1n) is 11.3. The van der Waals surface area contributed by atoms with Crippen molar-refractivity contribution in [2.75, 3.05) is 26.8 Å². The fourth-order valence-electron chi connectivity index (χ4n) is 3.82. The van der Waals surface area contributed by atoms with Crippen molar-refractivity contribution >= 4 is 11.9 Å². The molecule has 0 aliphatic carbocycles. The SMILES string of the molecule is COc1cccc(CN2CC3(CC(Oc4cccnc4)CCO3)C2)c1.O=C(O)C(F)(F)F.O=C(O)C(F)(F)F. The second-order valence-electron chi connectivity index (χ2n) is 8.56. The van der Waals surface area contributed by atoms with Gasteiger partial charge in [0.15, 0.2) is 0 Å². The number of carboxylic acid groups (broad SMARTS) is 2. The Hall–Kier alpha value is -3.59. The summed E-state index contributed by atoms with van der Waals surface area (Å²) < 4.78 is 81.0. The number of carbonyl (C=O) groups is 2. The molecule has 0 radical (unpaired) electrons. The normalized spacial score (nSPS) is 18.4. The van der Waals surface area contributed by atoms with Crippen LogP contribution in [0.3, 0.4) is 0 Å². The number of methoxy groups -OCH3 is 1. The van der Waals surface area contributed by atoms with Crippen molar-refractivity contribution in [2.45, 2.75) is 43.4 Å². The van der Waals surface area contributed by atoms with Crippen LogP contribution >= 0.6 is 0 Å². The van der Waals surface area contributed by atoms with E-state index in [2.05, 4.69) is 22.0 Å². The Morgan fingerprint density at radius 2 is 1.64 bits per heavy atom. The molecule has 4 rings (SSSR count). The van der Waals surface area contributed by atoms with Gasteiger partial charge in [-0.1, -0.05) is 12.1 Å². The van der Waals surface area contributed by atoms with Crippen LogP contribution in [0.5, 0.6) is 11.5 Å². The Kier molecular flexibility index (Phi) is 10.9. The highest BCUT2D eigenvalue weighted by molar-refractivity contribution is 5.73. The summed E-state index contributed by atoms with van der Waals surface area (Å²) in [6.45, 7) is 3.60. The van der Waals surface area contributed by atoms with E-state index in [0.717, 1.165) is 50.6 Å². The number of hydrogen-bond acceptors (Lipinski definition) is 7. The fraction of sp³-hybridized carbons (Fsp3) is 0.458. The fourth-order valence-corrected chi connectivity index (χ4v) is 3.82. The molecule has 1 unspecified atom stereocenters. The van der Waals surface area contributed by atoms with Gasteiger partial charge in [-0.05, 0) is 29.8 Å². The first kappa shape index (κ1) is 31.6. The van der Waals surface area contributed by atoms with Crippen molar-refractivity contribution in [3.05, 3.63) is 54.4 Å². The van der Waals surface area contributed by atoms with Crippen LogP contribution in [0, 0.1) is 0 Å². The molecule has 2 aromatic rings. The molecule has 2 aliphatic heterocycles. The number of pyridine rings is 1. The van der Waals surface area contributed by atoms with Crippen LogP contribution in [0.25, 0.3) is 0 Å². The largest absolute Gasteiger partial charge is 0.497 e. The van der Waals surface area contributed by atoms with Crippen LogP contribution in [-0.4, -0.2) is 82.9 Å². The Bertz CT molecular complexity index is 1050. The summed E-state index contributed by atoms with van der Waals surface area (Å²) in [4.78, 5) is 24.3. The molecule has 1 aromatic heterocycles. The topological polar surface area (TPSA) is 118 Å². The van der Waals surface area contributed by atoms with Gasteiger partial charge in [0, 0.05) is 38.7 Å². The van der Waals surface area contributed by atoms with Crippen molar-refractivity contribution in [1.82, 2.24) is 9.88 Å². The maximum atomic E-state index is 10.6. The number of rotatable bonds is 5. The molecule has 1 atom stereocenters. The minimum Gasteiger partial charge on any atom is -0.497 e. The van der Waals surface area contributed by atoms with E-state index in [1.807, 2.05) is 24.3 Å². The number of ether oxygens (including phenoxy) is 3. The Morgan fingerprint density at radius 3 is 2.15 bits per heavy atom. The predicted molar refractivity (Wildman–Crippen MR) is 122 cm³/mol. The molecule has 0 saturated carbocycles. The van der Waals surface area contributed by atoms with E-state index in [1.165, 1.54) is 5.56 Å². The number of alkyl halides is 6. The zero-order valence-corrected chi connectivity index (χ0v) is 20.5. The average molecular weight is 568 g/mol. The van der Waals surface area contributed by atoms with Crippen LogP contribution in [0.2, 0.25) is 0 Å². The quantitative estimate of drug-likeness (QED) is 0.513. The Morgan fingerprint density at radius 1 is 1.05 bits per heavy atom. The summed E-state index contributed by atoms with van der Waals surface area (Å²) >= 11 is 0. The molecular formula is C24H26F6N2O7. The van der Waals surface area contributed by atoms with Crippen molar-refractivity contribution in [3.63, 3.8) is 0 Å². The number of halogens is 6. The van der Waals surface area contributed by atoms with Gasteiger partial charge < -0.3 is 24.4 Å². The summed E-state index contributed by atoms with van der Waals surface area (Å²) in [7, 11) is 1.70. The van der Waals surface area contributed by atoms with Crippen molar-refractivity contribution in [1.29, 1.82) is 0 Å². The number of aromatic nitrogens is 1. The number of likely N-dealkylation sites (tertiary alicyclic amines) is 1. The number of aliphatic carboxylic acids is 2. The zero-order chi connectivity index (χ0) is 29.3. The number of nitrogens with zero attached hydrogens (tertiary/aromatic N) is 2. The van der Waals surface area contributed by atoms with E-state index in [-0.39, 0.29) is 11.7 Å². The maximum Gasteiger partial charge on any atom is 0.490 e. The Labute approximate surface area is 218 Å². The first-order chi connectivity index (χ1) is 18.1. The summed E-state index contributed by atoms with van der Waals surface area (Å²) in [6.07, 6.45) is -4.54. The standard InChI is InChI=1S/C20H24N2O3.2C2HF3O2/c1-23-17-5-2-4-16(10-17)13-22-14-20(15-22)11-18(7-9-24-20)25-19-6-3-8-21-12-19;2*3-2(4,5)1(6)7/h2-6,8,10,12,18H,7,9,11,13-15H2,1H3;2*(H,6,7). The van der Waals surface area contributed by atoms with Gasteiger partial charge in [0.1, 0.15) is 17.6 Å². The molecule has 2 aliphatic rings. The summed E-state index contributed by atoms with van der Waals surface area (Å²) in [6, 6.07) is 12.1. The lowest BCUT2D eigenvalue weighted by molar-refractivity contribution is -0.193. The molecule has 15 heteroatoms. The molecular weight excluding hydrogens is 542 g/mol. The molecule has 1 spiro atoms. The summed E-state index contributed by atoms with van der Waals surface area (Å²) in [5, 5.41) is 14.2. The van der Waals surface area contributed by atoms with Gasteiger partial charge >= 0.3 is 24.3 Å². The van der Waals surface area contributed by atoms with E-state index >= 15 is 0 Å². The van der Waals surface area contributed by atoms with Crippen LogP contribution in [-0.2, 0) is 20.9 Å². The molecule has 2 saturated heterocycles. The highest BCUT2D eigenvalue weighted by Crippen LogP contribution is 2.36. The number of carboxylic acids is 2. The van der Waals surface area contributed by atoms with Gasteiger partial charge in [-0.25, -0.2) is 9.59 Å². The highest BCUT2D eigenvalue weighted by Gasteiger charge is 2.48. The number of hydrogen-bond donors (Lipinski definition) is 2. The van der Waals surface area contributed by atoms with Crippen molar-refractivity contribution in [2.24, 2.45) is 0 Å². The third-order valence-corrected chi connectivity index (χ3v) is 5.43. The molecule has 9 nitrogen and oxygen atoms in total. The molecule has 216 valence electrons. The summed E-state index contributed by atoms with van der Waals surface area (Å²) in [5.74, 6) is -3.76. The minimum atomic E-state index is -5.08. The molecule has 2 fully saturated rings. The summed E-state index contributed by atoms with van der Waals surface area (Å²) in [5.41, 5.74) is 1.22. The lowest BCUT2D eigenvalue weighted by atomic mass is 9.84. The lowest BCUT2D eigenvalue weighted by Crippen LogP contribution is -2.65. The number of benzene rings is 1. The zero-order valence-electron chi connectivity index (χ0n) is 20.5. The molecule has 3 heterocycles. The molecule has 2 N–H and O–H groups in total. The molecule has 0 amide bonds. The van der Waals surface area contributed by atoms with Crippen molar-refractivity contribution in [3.8, 4) is 11.5 Å². The predicted octanol–water partition coefficient (Wildman–Crippen LogP) is 4.17. The van der Waals surface area contributed by atoms with E-state index in [1.54, 1.807) is 19.5 Å². The average Bonchev–Trinajstić information content (AvgIpc) is 2.84. The van der Waals surface area contributed by atoms with Gasteiger partial charge in [0.05, 0.1) is 25.5 Å². The molecule has 39 heavy (non-hydrogen) atoms. The lowest BCUT2D eigenvalue weighted by Gasteiger charge is -2.53. The van der Waals surface area contributed by atoms with Gasteiger partial charge in [0.2, 0.25) is 0 Å². The third-order valence-electron chi connectivity index (χ3n) is 5.43. The maximum absolute atomic E-state index is 10.6. The van der Waals surface area contributed by atoms with E-state index < -0.39 is 24.3 Å². The van der Waals surface area contributed by atoms with E-state index in [4.69, 9.17) is 34.0 Å². The minimum absolute atomic E-state index is 0.0516. The molecule has 0 bridgehead atoms. The van der Waals surface area contributed by atoms with Gasteiger partial charge in [-0.15, -0.1) is 0 Å². The van der Waals surface area contributed by atoms with Gasteiger partial charge in [0.25, 0.3) is 0 Å². The Balaban J connectivity index is 0.000000317. The van der Waals surface area contributed by atoms with Crippen molar-refractivity contribution < 1.29 is 60.4 Å². The first-order valence-corrected chi connectivity index (χ1v) is 11.3. The smallest absolute Gasteiger partial charge is 0.490 e. The van der Waals surface area contributed by atoms with Crippen LogP contribution in [0.1, 0.15) is 18.4 Å². The van der Waals surface area contributed by atoms with E-state index in [9.17, 15) is 26.3 Å². The van der Waals surface area contributed by atoms with Crippen LogP contribution in [0.15, 0.2) is 48.8 Å².